The molecular weight excluding hydrogens is 432 g/mol. The standard InChI is InChI=1S/C21H22F4N4O3/c1-10-13(20(32)29-15-4-5-27-19(18(10)15)21(23,24)25)7-17(31)28-16(9-30)12-3-2-11(8-26)6-14(12)22/h2-3,6,15-16,18-19,27,30H,4-5,7,9H2,1H3,(H,28,31)(H,29,32)/t15?,16-,18?,19?/m0/s1. The number of alkyl halides is 3. The van der Waals surface area contributed by atoms with E-state index in [2.05, 4.69) is 16.0 Å². The number of nitrogens with zero attached hydrogens (tertiary/aromatic N) is 1. The molecule has 4 N–H and O–H groups in total. The summed E-state index contributed by atoms with van der Waals surface area (Å²) in [4.78, 5) is 25.1. The third kappa shape index (κ3) is 4.76. The number of nitrogens with one attached hydrogen (secondary N) is 3. The third-order valence-electron chi connectivity index (χ3n) is 5.89. The smallest absolute Gasteiger partial charge is 0.394 e. The van der Waals surface area contributed by atoms with E-state index in [-0.39, 0.29) is 28.8 Å². The Morgan fingerprint density at radius 3 is 2.72 bits per heavy atom. The van der Waals surface area contributed by atoms with Crippen LogP contribution in [0.1, 0.15) is 36.9 Å². The lowest BCUT2D eigenvalue weighted by atomic mass is 9.75. The van der Waals surface area contributed by atoms with Gasteiger partial charge in [0.25, 0.3) is 0 Å². The molecule has 3 rings (SSSR count). The van der Waals surface area contributed by atoms with Gasteiger partial charge in [0.1, 0.15) is 11.9 Å². The van der Waals surface area contributed by atoms with Crippen LogP contribution < -0.4 is 16.0 Å². The summed E-state index contributed by atoms with van der Waals surface area (Å²) in [5.41, 5.74) is 0.0864. The van der Waals surface area contributed by atoms with Gasteiger partial charge in [-0.05, 0) is 32.0 Å². The first kappa shape index (κ1) is 23.7. The average Bonchev–Trinajstić information content (AvgIpc) is 2.74. The van der Waals surface area contributed by atoms with E-state index in [4.69, 9.17) is 5.26 Å². The number of nitriles is 1. The number of halogens is 4. The summed E-state index contributed by atoms with van der Waals surface area (Å²) >= 11 is 0. The van der Waals surface area contributed by atoms with E-state index in [1.165, 1.54) is 19.1 Å². The lowest BCUT2D eigenvalue weighted by molar-refractivity contribution is -0.172. The molecule has 32 heavy (non-hydrogen) atoms. The number of fused-ring (bicyclic) bond motifs is 1. The van der Waals surface area contributed by atoms with Crippen molar-refractivity contribution in [3.8, 4) is 6.07 Å². The first-order chi connectivity index (χ1) is 15.1. The predicted molar refractivity (Wildman–Crippen MR) is 104 cm³/mol. The van der Waals surface area contributed by atoms with E-state index in [9.17, 15) is 32.3 Å². The van der Waals surface area contributed by atoms with Crippen LogP contribution in [0.3, 0.4) is 0 Å². The van der Waals surface area contributed by atoms with Crippen molar-refractivity contribution in [2.75, 3.05) is 13.2 Å². The molecule has 2 aliphatic rings. The highest BCUT2D eigenvalue weighted by Crippen LogP contribution is 2.38. The average molecular weight is 454 g/mol. The fraction of sp³-hybridized carbons (Fsp3) is 0.476. The molecule has 2 amide bonds. The van der Waals surface area contributed by atoms with Gasteiger partial charge < -0.3 is 21.1 Å². The molecule has 0 aliphatic carbocycles. The second-order valence-corrected chi connectivity index (χ2v) is 7.86. The van der Waals surface area contributed by atoms with Gasteiger partial charge in [0, 0.05) is 23.1 Å². The first-order valence-electron chi connectivity index (χ1n) is 9.97. The Labute approximate surface area is 181 Å². The summed E-state index contributed by atoms with van der Waals surface area (Å²) in [6.07, 6.45) is -4.74. The summed E-state index contributed by atoms with van der Waals surface area (Å²) in [6, 6.07) is 1.59. The van der Waals surface area contributed by atoms with E-state index in [1.54, 1.807) is 6.07 Å². The highest BCUT2D eigenvalue weighted by Gasteiger charge is 2.52. The van der Waals surface area contributed by atoms with Crippen molar-refractivity contribution in [1.29, 1.82) is 5.26 Å². The van der Waals surface area contributed by atoms with Gasteiger partial charge in [-0.15, -0.1) is 0 Å². The van der Waals surface area contributed by atoms with Crippen molar-refractivity contribution in [2.24, 2.45) is 5.92 Å². The Kier molecular flexibility index (Phi) is 6.85. The van der Waals surface area contributed by atoms with Crippen LogP contribution in [0.15, 0.2) is 29.3 Å². The fourth-order valence-electron chi connectivity index (χ4n) is 4.33. The summed E-state index contributed by atoms with van der Waals surface area (Å²) in [5.74, 6) is -3.23. The summed E-state index contributed by atoms with van der Waals surface area (Å²) in [7, 11) is 0. The monoisotopic (exact) mass is 454 g/mol. The van der Waals surface area contributed by atoms with Gasteiger partial charge >= 0.3 is 6.18 Å². The van der Waals surface area contributed by atoms with Gasteiger partial charge in [-0.1, -0.05) is 11.6 Å². The number of carbonyl (C=O) groups is 2. The number of hydrogen-bond acceptors (Lipinski definition) is 5. The first-order valence-corrected chi connectivity index (χ1v) is 9.97. The third-order valence-corrected chi connectivity index (χ3v) is 5.89. The van der Waals surface area contributed by atoms with Gasteiger partial charge in [0.15, 0.2) is 0 Å². The largest absolute Gasteiger partial charge is 0.404 e. The number of carbonyl (C=O) groups excluding carboxylic acids is 2. The Morgan fingerprint density at radius 2 is 2.12 bits per heavy atom. The summed E-state index contributed by atoms with van der Waals surface area (Å²) in [6.45, 7) is 0.848. The van der Waals surface area contributed by atoms with Crippen molar-refractivity contribution in [3.63, 3.8) is 0 Å². The van der Waals surface area contributed by atoms with Gasteiger partial charge in [0.05, 0.1) is 30.7 Å². The lowest BCUT2D eigenvalue weighted by Gasteiger charge is -2.44. The predicted octanol–water partition coefficient (Wildman–Crippen LogP) is 1.59. The number of aliphatic hydroxyl groups is 1. The number of hydrogen-bond donors (Lipinski definition) is 4. The van der Waals surface area contributed by atoms with Crippen molar-refractivity contribution >= 4 is 11.8 Å². The quantitative estimate of drug-likeness (QED) is 0.505. The van der Waals surface area contributed by atoms with Gasteiger partial charge in [-0.3, -0.25) is 9.59 Å². The van der Waals surface area contributed by atoms with Gasteiger partial charge in [-0.2, -0.15) is 18.4 Å². The van der Waals surface area contributed by atoms with Crippen molar-refractivity contribution < 1.29 is 32.3 Å². The molecule has 4 atom stereocenters. The molecule has 1 fully saturated rings. The fourth-order valence-corrected chi connectivity index (χ4v) is 4.33. The minimum Gasteiger partial charge on any atom is -0.394 e. The van der Waals surface area contributed by atoms with Crippen molar-refractivity contribution in [3.05, 3.63) is 46.3 Å². The maximum absolute atomic E-state index is 14.2. The van der Waals surface area contributed by atoms with E-state index >= 15 is 0 Å². The highest BCUT2D eigenvalue weighted by molar-refractivity contribution is 6.00. The van der Waals surface area contributed by atoms with Crippen molar-refractivity contribution in [1.82, 2.24) is 16.0 Å². The van der Waals surface area contributed by atoms with E-state index in [0.717, 1.165) is 6.07 Å². The Hall–Kier alpha value is -2.97. The maximum atomic E-state index is 14.2. The molecule has 1 aromatic rings. The number of aliphatic hydroxyl groups excluding tert-OH is 1. The SMILES string of the molecule is CC1=C(CC(=O)N[C@@H](CO)c2ccc(C#N)cc2F)C(=O)NC2CCNC(C(F)(F)F)C12. The molecule has 7 nitrogen and oxygen atoms in total. The van der Waals surface area contributed by atoms with E-state index in [1.807, 2.05) is 0 Å². The molecule has 0 saturated carbocycles. The zero-order valence-corrected chi connectivity index (χ0v) is 17.1. The van der Waals surface area contributed by atoms with Crippen LogP contribution >= 0.6 is 0 Å². The Bertz CT molecular complexity index is 986. The second-order valence-electron chi connectivity index (χ2n) is 7.86. The molecule has 1 saturated heterocycles. The molecule has 3 unspecified atom stereocenters. The van der Waals surface area contributed by atoms with Crippen LogP contribution in [-0.4, -0.2) is 48.3 Å². The van der Waals surface area contributed by atoms with Crippen LogP contribution in [0.25, 0.3) is 0 Å². The number of piperidine rings is 1. The maximum Gasteiger partial charge on any atom is 0.404 e. The van der Waals surface area contributed by atoms with Gasteiger partial charge in [-0.25, -0.2) is 4.39 Å². The molecular formula is C21H22F4N4O3. The molecule has 172 valence electrons. The highest BCUT2D eigenvalue weighted by atomic mass is 19.4. The van der Waals surface area contributed by atoms with Crippen molar-refractivity contribution in [2.45, 2.75) is 44.1 Å². The number of benzene rings is 1. The topological polar surface area (TPSA) is 114 Å². The molecule has 0 radical (unpaired) electrons. The van der Waals surface area contributed by atoms with Crippen LogP contribution in [0.5, 0.6) is 0 Å². The molecule has 0 bridgehead atoms. The molecule has 0 spiro atoms. The molecule has 0 aromatic heterocycles. The zero-order chi connectivity index (χ0) is 23.6. The van der Waals surface area contributed by atoms with Gasteiger partial charge in [0.2, 0.25) is 11.8 Å². The Balaban J connectivity index is 1.81. The van der Waals surface area contributed by atoms with E-state index in [0.29, 0.717) is 6.42 Å². The minimum absolute atomic E-state index is 0.0591. The normalized spacial score (nSPS) is 24.3. The Morgan fingerprint density at radius 1 is 1.41 bits per heavy atom. The number of rotatable bonds is 5. The summed E-state index contributed by atoms with van der Waals surface area (Å²) in [5, 5.41) is 25.8. The van der Waals surface area contributed by atoms with Crippen LogP contribution in [0.2, 0.25) is 0 Å². The zero-order valence-electron chi connectivity index (χ0n) is 17.1. The van der Waals surface area contributed by atoms with Crippen LogP contribution in [0, 0.1) is 23.1 Å². The second kappa shape index (κ2) is 9.26. The minimum atomic E-state index is -4.53. The molecule has 1 aromatic carbocycles. The summed E-state index contributed by atoms with van der Waals surface area (Å²) < 4.78 is 54.8. The van der Waals surface area contributed by atoms with Crippen LogP contribution in [-0.2, 0) is 9.59 Å². The molecule has 2 heterocycles. The number of amides is 2. The molecule has 2 aliphatic heterocycles. The lowest BCUT2D eigenvalue weighted by Crippen LogP contribution is -2.62. The van der Waals surface area contributed by atoms with E-state index < -0.39 is 60.9 Å². The molecule has 11 heteroatoms. The van der Waals surface area contributed by atoms with Crippen LogP contribution in [0.4, 0.5) is 17.6 Å².